The Kier molecular flexibility index (Phi) is 6.02. The predicted octanol–water partition coefficient (Wildman–Crippen LogP) is 2.09. The van der Waals surface area contributed by atoms with E-state index in [1.807, 2.05) is 11.7 Å². The van der Waals surface area contributed by atoms with Crippen molar-refractivity contribution in [3.63, 3.8) is 0 Å². The number of rotatable bonds is 8. The zero-order chi connectivity index (χ0) is 15.3. The Hall–Kier alpha value is -1.07. The Morgan fingerprint density at radius 2 is 2.05 bits per heavy atom. The van der Waals surface area contributed by atoms with Crippen molar-refractivity contribution in [2.45, 2.75) is 46.2 Å². The molecule has 0 saturated heterocycles. The summed E-state index contributed by atoms with van der Waals surface area (Å²) in [5, 5.41) is 8.00. The first-order valence-corrected chi connectivity index (χ1v) is 7.31. The van der Waals surface area contributed by atoms with Crippen molar-refractivity contribution in [2.24, 2.45) is 7.05 Å². The van der Waals surface area contributed by atoms with Gasteiger partial charge in [0, 0.05) is 45.4 Å². The molecular formula is C15H30N4O. The smallest absolute Gasteiger partial charge is 0.131 e. The van der Waals surface area contributed by atoms with E-state index in [-0.39, 0.29) is 5.54 Å². The van der Waals surface area contributed by atoms with Gasteiger partial charge in [-0.1, -0.05) is 6.92 Å². The standard InChI is InChI=1S/C15H30N4O/c1-8-15(3,4)18(5)14-13(11-16-9-10-20-7)12(2)17-19(14)6/h16H,8-11H2,1-7H3. The third kappa shape index (κ3) is 3.73. The van der Waals surface area contributed by atoms with E-state index in [1.165, 1.54) is 11.4 Å². The van der Waals surface area contributed by atoms with Crippen molar-refractivity contribution in [2.75, 3.05) is 32.2 Å². The summed E-state index contributed by atoms with van der Waals surface area (Å²) in [5.41, 5.74) is 2.47. The van der Waals surface area contributed by atoms with E-state index in [2.05, 4.69) is 50.1 Å². The van der Waals surface area contributed by atoms with Crippen LogP contribution >= 0.6 is 0 Å². The predicted molar refractivity (Wildman–Crippen MR) is 84.3 cm³/mol. The first-order chi connectivity index (χ1) is 9.35. The number of nitrogens with zero attached hydrogens (tertiary/aromatic N) is 3. The van der Waals surface area contributed by atoms with Crippen LogP contribution in [0.1, 0.15) is 38.4 Å². The zero-order valence-electron chi connectivity index (χ0n) is 14.1. The maximum Gasteiger partial charge on any atom is 0.131 e. The highest BCUT2D eigenvalue weighted by Crippen LogP contribution is 2.29. The minimum absolute atomic E-state index is 0.113. The van der Waals surface area contributed by atoms with Gasteiger partial charge in [0.05, 0.1) is 12.3 Å². The minimum atomic E-state index is 0.113. The molecule has 0 fully saturated rings. The highest BCUT2D eigenvalue weighted by Gasteiger charge is 2.27. The molecule has 0 amide bonds. The third-order valence-corrected chi connectivity index (χ3v) is 4.19. The summed E-state index contributed by atoms with van der Waals surface area (Å²) in [5.74, 6) is 1.19. The molecule has 0 aromatic carbocycles. The first-order valence-electron chi connectivity index (χ1n) is 7.31. The number of anilines is 1. The van der Waals surface area contributed by atoms with Gasteiger partial charge in [-0.25, -0.2) is 0 Å². The largest absolute Gasteiger partial charge is 0.383 e. The van der Waals surface area contributed by atoms with Crippen molar-refractivity contribution in [1.82, 2.24) is 15.1 Å². The maximum absolute atomic E-state index is 5.07. The Labute approximate surface area is 123 Å². The molecule has 0 unspecified atom stereocenters. The lowest BCUT2D eigenvalue weighted by molar-refractivity contribution is 0.199. The molecule has 20 heavy (non-hydrogen) atoms. The molecule has 1 aromatic rings. The number of methoxy groups -OCH3 is 1. The molecule has 0 radical (unpaired) electrons. The lowest BCUT2D eigenvalue weighted by Crippen LogP contribution is -2.42. The van der Waals surface area contributed by atoms with Gasteiger partial charge in [0.2, 0.25) is 0 Å². The van der Waals surface area contributed by atoms with E-state index < -0.39 is 0 Å². The number of ether oxygens (including phenoxy) is 1. The normalized spacial score (nSPS) is 11.9. The molecule has 5 heteroatoms. The van der Waals surface area contributed by atoms with E-state index in [0.29, 0.717) is 0 Å². The SMILES string of the molecule is CCC(C)(C)N(C)c1c(CNCCOC)c(C)nn1C. The molecule has 0 aliphatic rings. The fourth-order valence-corrected chi connectivity index (χ4v) is 2.23. The molecule has 1 heterocycles. The second kappa shape index (κ2) is 7.09. The van der Waals surface area contributed by atoms with E-state index in [4.69, 9.17) is 4.74 Å². The lowest BCUT2D eigenvalue weighted by atomic mass is 9.99. The summed E-state index contributed by atoms with van der Waals surface area (Å²) < 4.78 is 7.06. The fraction of sp³-hybridized carbons (Fsp3) is 0.800. The molecule has 0 spiro atoms. The van der Waals surface area contributed by atoms with Crippen LogP contribution < -0.4 is 10.2 Å². The Balaban J connectivity index is 2.95. The van der Waals surface area contributed by atoms with Crippen LogP contribution in [0.4, 0.5) is 5.82 Å². The van der Waals surface area contributed by atoms with Crippen LogP contribution in [0.2, 0.25) is 0 Å². The molecular weight excluding hydrogens is 252 g/mol. The van der Waals surface area contributed by atoms with Gasteiger partial charge in [0.25, 0.3) is 0 Å². The summed E-state index contributed by atoms with van der Waals surface area (Å²) in [7, 11) is 5.89. The number of aryl methyl sites for hydroxylation is 2. The summed E-state index contributed by atoms with van der Waals surface area (Å²) in [6.07, 6.45) is 1.09. The fourth-order valence-electron chi connectivity index (χ4n) is 2.23. The molecule has 0 aliphatic carbocycles. The molecule has 0 bridgehead atoms. The summed E-state index contributed by atoms with van der Waals surface area (Å²) in [6.45, 7) is 11.2. The summed E-state index contributed by atoms with van der Waals surface area (Å²) in [6, 6.07) is 0. The van der Waals surface area contributed by atoms with Gasteiger partial charge >= 0.3 is 0 Å². The van der Waals surface area contributed by atoms with Gasteiger partial charge < -0.3 is 15.0 Å². The number of aromatic nitrogens is 2. The molecule has 1 rings (SSSR count). The second-order valence-electron chi connectivity index (χ2n) is 5.91. The van der Waals surface area contributed by atoms with Crippen molar-refractivity contribution in [3.8, 4) is 0 Å². The molecule has 0 aliphatic heterocycles. The third-order valence-electron chi connectivity index (χ3n) is 4.19. The molecule has 116 valence electrons. The van der Waals surface area contributed by atoms with E-state index in [1.54, 1.807) is 7.11 Å². The number of nitrogens with one attached hydrogen (secondary N) is 1. The average Bonchev–Trinajstić information content (AvgIpc) is 2.68. The van der Waals surface area contributed by atoms with E-state index in [9.17, 15) is 0 Å². The van der Waals surface area contributed by atoms with E-state index in [0.717, 1.165) is 31.8 Å². The molecule has 1 N–H and O–H groups in total. The molecule has 0 atom stereocenters. The van der Waals surface area contributed by atoms with Crippen molar-refractivity contribution >= 4 is 5.82 Å². The van der Waals surface area contributed by atoms with Crippen LogP contribution in [-0.4, -0.2) is 42.6 Å². The average molecular weight is 282 g/mol. The van der Waals surface area contributed by atoms with Crippen LogP contribution in [0.25, 0.3) is 0 Å². The lowest BCUT2D eigenvalue weighted by Gasteiger charge is -2.37. The van der Waals surface area contributed by atoms with Crippen molar-refractivity contribution in [3.05, 3.63) is 11.3 Å². The number of hydrogen-bond acceptors (Lipinski definition) is 4. The van der Waals surface area contributed by atoms with Crippen LogP contribution in [0, 0.1) is 6.92 Å². The number of hydrogen-bond donors (Lipinski definition) is 1. The first kappa shape index (κ1) is 17.0. The highest BCUT2D eigenvalue weighted by atomic mass is 16.5. The van der Waals surface area contributed by atoms with Crippen molar-refractivity contribution in [1.29, 1.82) is 0 Å². The topological polar surface area (TPSA) is 42.3 Å². The second-order valence-corrected chi connectivity index (χ2v) is 5.91. The summed E-state index contributed by atoms with van der Waals surface area (Å²) >= 11 is 0. The van der Waals surface area contributed by atoms with Gasteiger partial charge in [-0.3, -0.25) is 4.68 Å². The van der Waals surface area contributed by atoms with Gasteiger partial charge in [-0.15, -0.1) is 0 Å². The van der Waals surface area contributed by atoms with Crippen LogP contribution in [-0.2, 0) is 18.3 Å². The van der Waals surface area contributed by atoms with Crippen LogP contribution in [0.5, 0.6) is 0 Å². The Bertz CT molecular complexity index is 426. The molecule has 1 aromatic heterocycles. The molecule has 0 saturated carbocycles. The zero-order valence-corrected chi connectivity index (χ0v) is 14.1. The monoisotopic (exact) mass is 282 g/mol. The van der Waals surface area contributed by atoms with Gasteiger partial charge in [-0.2, -0.15) is 5.10 Å². The Morgan fingerprint density at radius 1 is 1.40 bits per heavy atom. The van der Waals surface area contributed by atoms with Crippen LogP contribution in [0.15, 0.2) is 0 Å². The molecule has 5 nitrogen and oxygen atoms in total. The van der Waals surface area contributed by atoms with Gasteiger partial charge in [-0.05, 0) is 27.2 Å². The van der Waals surface area contributed by atoms with Crippen molar-refractivity contribution < 1.29 is 4.74 Å². The summed E-state index contributed by atoms with van der Waals surface area (Å²) in [4.78, 5) is 2.33. The van der Waals surface area contributed by atoms with Crippen LogP contribution in [0.3, 0.4) is 0 Å². The quantitative estimate of drug-likeness (QED) is 0.741. The maximum atomic E-state index is 5.07. The van der Waals surface area contributed by atoms with Gasteiger partial charge in [0.1, 0.15) is 5.82 Å². The highest BCUT2D eigenvalue weighted by molar-refractivity contribution is 5.51. The van der Waals surface area contributed by atoms with Gasteiger partial charge in [0.15, 0.2) is 0 Å². The minimum Gasteiger partial charge on any atom is -0.383 e. The Morgan fingerprint density at radius 3 is 2.60 bits per heavy atom. The van der Waals surface area contributed by atoms with E-state index >= 15 is 0 Å².